The van der Waals surface area contributed by atoms with E-state index in [9.17, 15) is 9.59 Å². The third-order valence-corrected chi connectivity index (χ3v) is 7.83. The summed E-state index contributed by atoms with van der Waals surface area (Å²) in [5, 5.41) is 5.13. The molecule has 39 heavy (non-hydrogen) atoms. The van der Waals surface area contributed by atoms with Gasteiger partial charge in [0.1, 0.15) is 11.8 Å². The molecule has 4 aromatic rings. The van der Waals surface area contributed by atoms with Crippen LogP contribution >= 0.6 is 31.9 Å². The van der Waals surface area contributed by atoms with Crippen molar-refractivity contribution in [3.63, 3.8) is 0 Å². The molecule has 0 bridgehead atoms. The first-order valence-electron chi connectivity index (χ1n) is 13.1. The van der Waals surface area contributed by atoms with Gasteiger partial charge < -0.3 is 15.0 Å². The molecule has 0 heterocycles. The Morgan fingerprint density at radius 1 is 0.897 bits per heavy atom. The molecule has 0 saturated heterocycles. The lowest BCUT2D eigenvalue weighted by atomic mass is 10.0. The summed E-state index contributed by atoms with van der Waals surface area (Å²) in [7, 11) is 0. The van der Waals surface area contributed by atoms with Crippen LogP contribution in [0.1, 0.15) is 30.9 Å². The second-order valence-corrected chi connectivity index (χ2v) is 11.1. The molecule has 0 aromatic heterocycles. The van der Waals surface area contributed by atoms with Gasteiger partial charge in [-0.1, -0.05) is 102 Å². The highest BCUT2D eigenvalue weighted by atomic mass is 79.9. The molecule has 0 radical (unpaired) electrons. The second kappa shape index (κ2) is 14.3. The first-order chi connectivity index (χ1) is 19.0. The molecule has 4 rings (SSSR count). The van der Waals surface area contributed by atoms with Gasteiger partial charge >= 0.3 is 0 Å². The van der Waals surface area contributed by atoms with E-state index in [1.807, 2.05) is 91.0 Å². The minimum Gasteiger partial charge on any atom is -0.483 e. The Hall–Kier alpha value is -3.16. The quantitative estimate of drug-likeness (QED) is 0.164. The number of halogens is 2. The molecule has 5 nitrogen and oxygen atoms in total. The molecule has 0 aliphatic heterocycles. The summed E-state index contributed by atoms with van der Waals surface area (Å²) in [6.45, 7) is 2.73. The summed E-state index contributed by atoms with van der Waals surface area (Å²) in [5.74, 6) is 0.153. The molecule has 0 aliphatic rings. The fourth-order valence-electron chi connectivity index (χ4n) is 4.44. The van der Waals surface area contributed by atoms with Crippen LogP contribution in [0.3, 0.4) is 0 Å². The Labute approximate surface area is 246 Å². The van der Waals surface area contributed by atoms with Crippen LogP contribution in [0.25, 0.3) is 10.8 Å². The average Bonchev–Trinajstić information content (AvgIpc) is 2.95. The van der Waals surface area contributed by atoms with Crippen molar-refractivity contribution in [2.24, 2.45) is 0 Å². The molecule has 1 atom stereocenters. The summed E-state index contributed by atoms with van der Waals surface area (Å²) >= 11 is 7.17. The first kappa shape index (κ1) is 28.8. The highest BCUT2D eigenvalue weighted by Crippen LogP contribution is 2.33. The van der Waals surface area contributed by atoms with Crippen LogP contribution in [0.4, 0.5) is 0 Å². The Balaban J connectivity index is 1.62. The lowest BCUT2D eigenvalue weighted by Crippen LogP contribution is -2.51. The minimum absolute atomic E-state index is 0.164. The fourth-order valence-corrected chi connectivity index (χ4v) is 5.49. The zero-order chi connectivity index (χ0) is 27.6. The van der Waals surface area contributed by atoms with Gasteiger partial charge in [0.25, 0.3) is 5.91 Å². The van der Waals surface area contributed by atoms with Crippen molar-refractivity contribution < 1.29 is 14.3 Å². The molecule has 0 spiro atoms. The summed E-state index contributed by atoms with van der Waals surface area (Å²) < 4.78 is 7.76. The number of hydrogen-bond acceptors (Lipinski definition) is 3. The largest absolute Gasteiger partial charge is 0.483 e. The maximum Gasteiger partial charge on any atom is 0.261 e. The van der Waals surface area contributed by atoms with E-state index in [1.165, 1.54) is 0 Å². The van der Waals surface area contributed by atoms with Gasteiger partial charge in [-0.2, -0.15) is 0 Å². The summed E-state index contributed by atoms with van der Waals surface area (Å²) in [4.78, 5) is 29.0. The Bertz CT molecular complexity index is 1410. The number of fused-ring (bicyclic) bond motifs is 1. The van der Waals surface area contributed by atoms with Crippen molar-refractivity contribution in [3.05, 3.63) is 111 Å². The Morgan fingerprint density at radius 2 is 1.64 bits per heavy atom. The molecular weight excluding hydrogens is 620 g/mol. The van der Waals surface area contributed by atoms with Crippen molar-refractivity contribution in [2.45, 2.75) is 38.8 Å². The van der Waals surface area contributed by atoms with Gasteiger partial charge in [-0.25, -0.2) is 0 Å². The summed E-state index contributed by atoms with van der Waals surface area (Å²) in [6, 6.07) is 28.7. The van der Waals surface area contributed by atoms with E-state index in [0.29, 0.717) is 18.7 Å². The van der Waals surface area contributed by atoms with Crippen LogP contribution in [-0.4, -0.2) is 35.9 Å². The number of nitrogens with zero attached hydrogens (tertiary/aromatic N) is 1. The highest BCUT2D eigenvalue weighted by Gasteiger charge is 2.30. The summed E-state index contributed by atoms with van der Waals surface area (Å²) in [6.07, 6.45) is 2.25. The van der Waals surface area contributed by atoms with Gasteiger partial charge in [0.2, 0.25) is 5.91 Å². The molecule has 0 unspecified atom stereocenters. The minimum atomic E-state index is -0.695. The number of carbonyl (C=O) groups excluding carboxylic acids is 2. The topological polar surface area (TPSA) is 58.6 Å². The summed E-state index contributed by atoms with van der Waals surface area (Å²) in [5.41, 5.74) is 1.91. The smallest absolute Gasteiger partial charge is 0.261 e. The molecule has 4 aromatic carbocycles. The molecular formula is C32H32Br2N2O3. The monoisotopic (exact) mass is 650 g/mol. The number of amides is 2. The molecule has 0 fully saturated rings. The number of benzene rings is 4. The molecule has 0 saturated carbocycles. The molecule has 2 amide bonds. The van der Waals surface area contributed by atoms with Crippen molar-refractivity contribution in [1.82, 2.24) is 10.2 Å². The van der Waals surface area contributed by atoms with Crippen molar-refractivity contribution in [1.29, 1.82) is 0 Å². The predicted octanol–water partition coefficient (Wildman–Crippen LogP) is 7.30. The maximum atomic E-state index is 13.8. The van der Waals surface area contributed by atoms with Crippen LogP contribution < -0.4 is 10.1 Å². The van der Waals surface area contributed by atoms with Crippen LogP contribution in [0.5, 0.6) is 5.75 Å². The number of hydrogen-bond donors (Lipinski definition) is 1. The van der Waals surface area contributed by atoms with Gasteiger partial charge in [-0.05, 0) is 62.4 Å². The number of carbonyl (C=O) groups is 2. The highest BCUT2D eigenvalue weighted by molar-refractivity contribution is 9.11. The zero-order valence-corrected chi connectivity index (χ0v) is 25.1. The molecule has 0 aliphatic carbocycles. The van der Waals surface area contributed by atoms with E-state index < -0.39 is 6.04 Å². The van der Waals surface area contributed by atoms with Gasteiger partial charge in [0, 0.05) is 24.0 Å². The number of unbranched alkanes of at least 4 members (excludes halogenated alkanes) is 1. The van der Waals surface area contributed by atoms with Crippen molar-refractivity contribution >= 4 is 54.4 Å². The third kappa shape index (κ3) is 7.93. The predicted molar refractivity (Wildman–Crippen MR) is 164 cm³/mol. The van der Waals surface area contributed by atoms with Gasteiger partial charge in [0.15, 0.2) is 6.61 Å². The Morgan fingerprint density at radius 3 is 2.41 bits per heavy atom. The molecule has 1 N–H and O–H groups in total. The first-order valence-corrected chi connectivity index (χ1v) is 14.7. The van der Waals surface area contributed by atoms with E-state index in [4.69, 9.17) is 4.74 Å². The van der Waals surface area contributed by atoms with E-state index in [0.717, 1.165) is 43.7 Å². The van der Waals surface area contributed by atoms with Crippen molar-refractivity contribution in [3.8, 4) is 5.75 Å². The number of ether oxygens (including phenoxy) is 1. The van der Waals surface area contributed by atoms with Crippen LogP contribution in [0.15, 0.2) is 99.9 Å². The van der Waals surface area contributed by atoms with E-state index in [2.05, 4.69) is 44.1 Å². The lowest BCUT2D eigenvalue weighted by Gasteiger charge is -2.31. The number of nitrogens with one attached hydrogen (secondary N) is 1. The van der Waals surface area contributed by atoms with Crippen LogP contribution in [0, 0.1) is 0 Å². The maximum absolute atomic E-state index is 13.8. The fraction of sp³-hybridized carbons (Fsp3) is 0.250. The van der Waals surface area contributed by atoms with E-state index in [1.54, 1.807) is 4.90 Å². The van der Waals surface area contributed by atoms with Crippen LogP contribution in [-0.2, 0) is 22.6 Å². The normalized spacial score (nSPS) is 11.7. The third-order valence-electron chi connectivity index (χ3n) is 6.52. The standard InChI is InChI=1S/C32H32Br2N2O3/c1-2-3-18-35-32(38)28(20-23-10-5-4-6-11-23)36(21-24-12-9-14-26(33)19-24)30(37)22-39-29-17-16-25-13-7-8-15-27(25)31(29)34/h4-17,19,28H,2-3,18,20-22H2,1H3,(H,35,38)/t28-/m0/s1. The molecule has 202 valence electrons. The second-order valence-electron chi connectivity index (χ2n) is 9.39. The van der Waals surface area contributed by atoms with Gasteiger partial charge in [-0.3, -0.25) is 9.59 Å². The number of rotatable bonds is 12. The van der Waals surface area contributed by atoms with Gasteiger partial charge in [0.05, 0.1) is 4.47 Å². The van der Waals surface area contributed by atoms with E-state index in [-0.39, 0.29) is 25.0 Å². The Kier molecular flexibility index (Phi) is 10.6. The SMILES string of the molecule is CCCCNC(=O)[C@H](Cc1ccccc1)N(Cc1cccc(Br)c1)C(=O)COc1ccc2ccccc2c1Br. The lowest BCUT2D eigenvalue weighted by molar-refractivity contribution is -0.142. The van der Waals surface area contributed by atoms with Gasteiger partial charge in [-0.15, -0.1) is 0 Å². The van der Waals surface area contributed by atoms with Crippen LogP contribution in [0.2, 0.25) is 0 Å². The average molecular weight is 652 g/mol. The molecule has 7 heteroatoms. The van der Waals surface area contributed by atoms with Crippen molar-refractivity contribution in [2.75, 3.05) is 13.2 Å². The van der Waals surface area contributed by atoms with E-state index >= 15 is 0 Å². The zero-order valence-electron chi connectivity index (χ0n) is 21.9.